The molecule has 2 aromatic rings. The predicted molar refractivity (Wildman–Crippen MR) is 102 cm³/mol. The van der Waals surface area contributed by atoms with Gasteiger partial charge in [-0.3, -0.25) is 9.69 Å². The molecule has 3 nitrogen and oxygen atoms in total. The van der Waals surface area contributed by atoms with E-state index in [9.17, 15) is 9.18 Å². The zero-order valence-corrected chi connectivity index (χ0v) is 15.4. The van der Waals surface area contributed by atoms with E-state index in [1.54, 1.807) is 12.1 Å². The number of benzene rings is 2. The molecule has 0 unspecified atom stereocenters. The standard InChI is InChI=1S/C21H22ClFN2O/c22-19-12-16(7-8-20(19)23)15-5-4-6-17(11-15)21(26)25-13-18(14-25)24-9-2-1-3-10-24/h4-8,11-12,18H,1-3,9-10,13-14H2. The van der Waals surface area contributed by atoms with Crippen molar-refractivity contribution in [2.75, 3.05) is 26.2 Å². The highest BCUT2D eigenvalue weighted by molar-refractivity contribution is 6.31. The molecular formula is C21H22ClFN2O. The summed E-state index contributed by atoms with van der Waals surface area (Å²) >= 11 is 5.88. The molecule has 2 aliphatic rings. The van der Waals surface area contributed by atoms with Gasteiger partial charge in [-0.15, -0.1) is 0 Å². The third kappa shape index (κ3) is 3.49. The summed E-state index contributed by atoms with van der Waals surface area (Å²) < 4.78 is 13.4. The van der Waals surface area contributed by atoms with E-state index in [0.29, 0.717) is 11.6 Å². The van der Waals surface area contributed by atoms with Crippen LogP contribution in [0.25, 0.3) is 11.1 Å². The molecule has 0 saturated carbocycles. The monoisotopic (exact) mass is 372 g/mol. The van der Waals surface area contributed by atoms with Crippen molar-refractivity contribution in [3.63, 3.8) is 0 Å². The quantitative estimate of drug-likeness (QED) is 0.794. The second-order valence-corrected chi connectivity index (χ2v) is 7.58. The van der Waals surface area contributed by atoms with Crippen LogP contribution >= 0.6 is 11.6 Å². The Morgan fingerprint density at radius 2 is 1.73 bits per heavy atom. The van der Waals surface area contributed by atoms with Gasteiger partial charge in [0.25, 0.3) is 5.91 Å². The first-order chi connectivity index (χ1) is 12.6. The molecule has 0 aliphatic carbocycles. The zero-order chi connectivity index (χ0) is 18.1. The molecule has 0 N–H and O–H groups in total. The molecule has 1 amide bonds. The molecule has 2 aromatic carbocycles. The van der Waals surface area contributed by atoms with Gasteiger partial charge in [0.2, 0.25) is 0 Å². The lowest BCUT2D eigenvalue weighted by molar-refractivity contribution is 0.0203. The van der Waals surface area contributed by atoms with Crippen LogP contribution in [0.4, 0.5) is 4.39 Å². The van der Waals surface area contributed by atoms with E-state index >= 15 is 0 Å². The van der Waals surface area contributed by atoms with Gasteiger partial charge < -0.3 is 4.90 Å². The Bertz CT molecular complexity index is 813. The summed E-state index contributed by atoms with van der Waals surface area (Å²) in [5, 5.41) is 0.0892. The highest BCUT2D eigenvalue weighted by Crippen LogP contribution is 2.27. The van der Waals surface area contributed by atoms with Crippen LogP contribution in [-0.2, 0) is 0 Å². The molecule has 0 aromatic heterocycles. The van der Waals surface area contributed by atoms with E-state index in [1.807, 2.05) is 29.2 Å². The SMILES string of the molecule is O=C(c1cccc(-c2ccc(F)c(Cl)c2)c1)N1CC(N2CCCCC2)C1. The van der Waals surface area contributed by atoms with Crippen LogP contribution in [0, 0.1) is 5.82 Å². The number of carbonyl (C=O) groups excluding carboxylic acids is 1. The van der Waals surface area contributed by atoms with Crippen LogP contribution in [0.15, 0.2) is 42.5 Å². The number of hydrogen-bond donors (Lipinski definition) is 0. The van der Waals surface area contributed by atoms with Crippen molar-refractivity contribution in [3.8, 4) is 11.1 Å². The maximum Gasteiger partial charge on any atom is 0.253 e. The summed E-state index contributed by atoms with van der Waals surface area (Å²) in [6.07, 6.45) is 3.87. The molecule has 0 atom stereocenters. The highest BCUT2D eigenvalue weighted by atomic mass is 35.5. The Labute approximate surface area is 158 Å². The second kappa shape index (κ2) is 7.37. The van der Waals surface area contributed by atoms with E-state index in [2.05, 4.69) is 4.90 Å². The minimum atomic E-state index is -0.438. The number of amides is 1. The molecule has 2 aliphatic heterocycles. The number of hydrogen-bond acceptors (Lipinski definition) is 2. The van der Waals surface area contributed by atoms with Crippen molar-refractivity contribution in [3.05, 3.63) is 58.9 Å². The molecule has 0 spiro atoms. The molecule has 26 heavy (non-hydrogen) atoms. The fraction of sp³-hybridized carbons (Fsp3) is 0.381. The average Bonchev–Trinajstić information content (AvgIpc) is 2.64. The summed E-state index contributed by atoms with van der Waals surface area (Å²) in [5.41, 5.74) is 2.34. The summed E-state index contributed by atoms with van der Waals surface area (Å²) in [7, 11) is 0. The van der Waals surface area contributed by atoms with Gasteiger partial charge in [-0.1, -0.05) is 36.2 Å². The topological polar surface area (TPSA) is 23.6 Å². The van der Waals surface area contributed by atoms with Gasteiger partial charge in [0, 0.05) is 24.7 Å². The lowest BCUT2D eigenvalue weighted by atomic mass is 9.99. The maximum absolute atomic E-state index is 13.4. The summed E-state index contributed by atoms with van der Waals surface area (Å²) in [6, 6.07) is 12.6. The Hall–Kier alpha value is -1.91. The number of piperidine rings is 1. The fourth-order valence-corrected chi connectivity index (χ4v) is 4.01. The van der Waals surface area contributed by atoms with E-state index in [0.717, 1.165) is 37.3 Å². The lowest BCUT2D eigenvalue weighted by Gasteiger charge is -2.46. The van der Waals surface area contributed by atoms with Crippen molar-refractivity contribution in [2.24, 2.45) is 0 Å². The highest BCUT2D eigenvalue weighted by Gasteiger charge is 2.35. The number of halogens is 2. The molecule has 2 fully saturated rings. The Balaban J connectivity index is 1.45. The minimum absolute atomic E-state index is 0.0633. The molecular weight excluding hydrogens is 351 g/mol. The number of rotatable bonds is 3. The molecule has 5 heteroatoms. The smallest absolute Gasteiger partial charge is 0.253 e. The third-order valence-electron chi connectivity index (χ3n) is 5.42. The van der Waals surface area contributed by atoms with Crippen molar-refractivity contribution in [2.45, 2.75) is 25.3 Å². The molecule has 4 rings (SSSR count). The Kier molecular flexibility index (Phi) is 4.96. The second-order valence-electron chi connectivity index (χ2n) is 7.17. The zero-order valence-electron chi connectivity index (χ0n) is 14.6. The molecule has 0 radical (unpaired) electrons. The summed E-state index contributed by atoms with van der Waals surface area (Å²) in [6.45, 7) is 3.94. The van der Waals surface area contributed by atoms with Crippen LogP contribution < -0.4 is 0 Å². The van der Waals surface area contributed by atoms with E-state index in [-0.39, 0.29) is 10.9 Å². The third-order valence-corrected chi connectivity index (χ3v) is 5.71. The van der Waals surface area contributed by atoms with Crippen molar-refractivity contribution < 1.29 is 9.18 Å². The molecule has 2 heterocycles. The van der Waals surface area contributed by atoms with Crippen molar-refractivity contribution in [1.82, 2.24) is 9.80 Å². The molecule has 2 saturated heterocycles. The van der Waals surface area contributed by atoms with Crippen LogP contribution in [0.3, 0.4) is 0 Å². The van der Waals surface area contributed by atoms with Gasteiger partial charge in [-0.25, -0.2) is 4.39 Å². The van der Waals surface area contributed by atoms with Gasteiger partial charge in [0.15, 0.2) is 0 Å². The number of carbonyl (C=O) groups is 1. The number of nitrogens with zero attached hydrogens (tertiary/aromatic N) is 2. The average molecular weight is 373 g/mol. The van der Waals surface area contributed by atoms with Crippen molar-refractivity contribution >= 4 is 17.5 Å². The van der Waals surface area contributed by atoms with Gasteiger partial charge in [-0.2, -0.15) is 0 Å². The van der Waals surface area contributed by atoms with Gasteiger partial charge in [-0.05, 0) is 61.3 Å². The van der Waals surface area contributed by atoms with Crippen LogP contribution in [0.1, 0.15) is 29.6 Å². The van der Waals surface area contributed by atoms with Gasteiger partial charge >= 0.3 is 0 Å². The normalized spacial score (nSPS) is 18.6. The van der Waals surface area contributed by atoms with Crippen LogP contribution in [0.5, 0.6) is 0 Å². The first-order valence-corrected chi connectivity index (χ1v) is 9.58. The van der Waals surface area contributed by atoms with Gasteiger partial charge in [0.05, 0.1) is 5.02 Å². The maximum atomic E-state index is 13.4. The minimum Gasteiger partial charge on any atom is -0.335 e. The first-order valence-electron chi connectivity index (χ1n) is 9.20. The Morgan fingerprint density at radius 1 is 1.00 bits per heavy atom. The molecule has 136 valence electrons. The molecule has 0 bridgehead atoms. The van der Waals surface area contributed by atoms with E-state index in [4.69, 9.17) is 11.6 Å². The summed E-state index contributed by atoms with van der Waals surface area (Å²) in [4.78, 5) is 17.2. The van der Waals surface area contributed by atoms with Gasteiger partial charge in [0.1, 0.15) is 5.82 Å². The van der Waals surface area contributed by atoms with Crippen molar-refractivity contribution in [1.29, 1.82) is 0 Å². The number of likely N-dealkylation sites (tertiary alicyclic amines) is 2. The van der Waals surface area contributed by atoms with E-state index < -0.39 is 5.82 Å². The lowest BCUT2D eigenvalue weighted by Crippen LogP contribution is -2.61. The van der Waals surface area contributed by atoms with Crippen LogP contribution in [-0.4, -0.2) is 47.9 Å². The summed E-state index contributed by atoms with van der Waals surface area (Å²) in [5.74, 6) is -0.375. The Morgan fingerprint density at radius 3 is 2.46 bits per heavy atom. The first kappa shape index (κ1) is 17.5. The largest absolute Gasteiger partial charge is 0.335 e. The van der Waals surface area contributed by atoms with E-state index in [1.165, 1.54) is 25.3 Å². The fourth-order valence-electron chi connectivity index (χ4n) is 3.83. The van der Waals surface area contributed by atoms with Crippen LogP contribution in [0.2, 0.25) is 5.02 Å². The predicted octanol–water partition coefficient (Wildman–Crippen LogP) is 4.46.